The van der Waals surface area contributed by atoms with Gasteiger partial charge in [-0.3, -0.25) is 9.67 Å². The number of rotatable bonds is 0. The molecule has 0 aliphatic heterocycles. The van der Waals surface area contributed by atoms with Gasteiger partial charge in [0.25, 0.3) is 0 Å². The second kappa shape index (κ2) is 2.34. The molecule has 58 valence electrons. The van der Waals surface area contributed by atoms with Crippen molar-refractivity contribution in [2.75, 3.05) is 0 Å². The lowest BCUT2D eigenvalue weighted by molar-refractivity contribution is 0.797. The molecular formula is C8H8BN3. The van der Waals surface area contributed by atoms with Crippen molar-refractivity contribution >= 4 is 24.3 Å². The number of aryl methyl sites for hydroxylation is 2. The van der Waals surface area contributed by atoms with Gasteiger partial charge in [-0.2, -0.15) is 5.10 Å². The van der Waals surface area contributed by atoms with Crippen LogP contribution in [0, 0.1) is 6.92 Å². The molecule has 0 bridgehead atoms. The number of aromatic nitrogens is 3. The van der Waals surface area contributed by atoms with E-state index in [2.05, 4.69) is 10.1 Å². The highest BCUT2D eigenvalue weighted by atomic mass is 15.2. The Balaban J connectivity index is 2.97. The predicted octanol–water partition coefficient (Wildman–Crippen LogP) is 0.0705. The Morgan fingerprint density at radius 1 is 1.67 bits per heavy atom. The summed E-state index contributed by atoms with van der Waals surface area (Å²) in [5.41, 5.74) is 1.98. The van der Waals surface area contributed by atoms with E-state index in [9.17, 15) is 0 Å². The molecule has 2 heterocycles. The molecule has 0 spiro atoms. The fourth-order valence-electron chi connectivity index (χ4n) is 1.29. The van der Waals surface area contributed by atoms with E-state index in [4.69, 9.17) is 9.22 Å². The average Bonchev–Trinajstić information content (AvgIpc) is 2.27. The lowest BCUT2D eigenvalue weighted by Gasteiger charge is -2.00. The molecular weight excluding hydrogens is 149 g/mol. The minimum Gasteiger partial charge on any atom is -0.268 e. The Morgan fingerprint density at radius 3 is 3.17 bits per heavy atom. The van der Waals surface area contributed by atoms with Gasteiger partial charge in [0.1, 0.15) is 7.85 Å². The van der Waals surface area contributed by atoms with Crippen LogP contribution < -0.4 is 5.59 Å². The summed E-state index contributed by atoms with van der Waals surface area (Å²) in [5, 5.41) is 4.71. The number of pyridine rings is 1. The zero-order valence-electron chi connectivity index (χ0n) is 8.00. The first kappa shape index (κ1) is 6.23. The second-order valence-electron chi connectivity index (χ2n) is 2.78. The third kappa shape index (κ3) is 0.914. The first-order valence-electron chi connectivity index (χ1n) is 4.16. The second-order valence-corrected chi connectivity index (χ2v) is 2.78. The van der Waals surface area contributed by atoms with Gasteiger partial charge in [0.15, 0.2) is 0 Å². The first-order chi connectivity index (χ1) is 6.09. The summed E-state index contributed by atoms with van der Waals surface area (Å²) in [5.74, 6) is 0. The summed E-state index contributed by atoms with van der Waals surface area (Å²) in [7, 11) is 7.47. The van der Waals surface area contributed by atoms with Crippen molar-refractivity contribution in [1.82, 2.24) is 14.8 Å². The Morgan fingerprint density at radius 2 is 2.42 bits per heavy atom. The molecule has 0 aliphatic carbocycles. The summed E-state index contributed by atoms with van der Waals surface area (Å²) in [4.78, 5) is 4.11. The summed E-state index contributed by atoms with van der Waals surface area (Å²) in [6, 6.07) is 1.82. The van der Waals surface area contributed by atoms with Gasteiger partial charge in [0.2, 0.25) is 0 Å². The number of hydrogen-bond acceptors (Lipinski definition) is 2. The number of hydrogen-bond donors (Lipinski definition) is 0. The third-order valence-corrected chi connectivity index (χ3v) is 1.79. The maximum atomic E-state index is 7.56. The van der Waals surface area contributed by atoms with Crippen molar-refractivity contribution < 1.29 is 1.37 Å². The van der Waals surface area contributed by atoms with Crippen LogP contribution in [-0.4, -0.2) is 22.6 Å². The van der Waals surface area contributed by atoms with Crippen molar-refractivity contribution in [3.8, 4) is 0 Å². The molecule has 0 aliphatic rings. The van der Waals surface area contributed by atoms with Gasteiger partial charge in [-0.25, -0.2) is 0 Å². The number of nitrogens with zero attached hydrogens (tertiary/aromatic N) is 3. The van der Waals surface area contributed by atoms with Gasteiger partial charge in [-0.1, -0.05) is 0 Å². The predicted molar refractivity (Wildman–Crippen MR) is 48.6 cm³/mol. The average molecular weight is 158 g/mol. The van der Waals surface area contributed by atoms with Crippen LogP contribution in [-0.2, 0) is 7.05 Å². The highest BCUT2D eigenvalue weighted by Crippen LogP contribution is 2.09. The molecule has 0 saturated carbocycles. The molecule has 3 nitrogen and oxygen atoms in total. The van der Waals surface area contributed by atoms with Crippen LogP contribution in [0.15, 0.2) is 12.2 Å². The van der Waals surface area contributed by atoms with Crippen molar-refractivity contribution in [2.24, 2.45) is 7.05 Å². The van der Waals surface area contributed by atoms with E-state index in [-0.39, 0.29) is 6.17 Å². The standard InChI is InChI=1S/C8H8BN3/c1-5-3-6-4-10-12(2)7(6)8(9)11-5/h3-4H,1-2H3/i4D. The van der Waals surface area contributed by atoms with Gasteiger partial charge >= 0.3 is 0 Å². The molecule has 0 N–H and O–H groups in total. The Labute approximate surface area is 73.2 Å². The molecule has 0 atom stereocenters. The van der Waals surface area contributed by atoms with Gasteiger partial charge in [-0.05, 0) is 13.0 Å². The van der Waals surface area contributed by atoms with E-state index in [1.165, 1.54) is 0 Å². The van der Waals surface area contributed by atoms with E-state index in [0.29, 0.717) is 5.59 Å². The lowest BCUT2D eigenvalue weighted by atomic mass is 10.0. The summed E-state index contributed by atoms with van der Waals surface area (Å²) < 4.78 is 9.15. The summed E-state index contributed by atoms with van der Waals surface area (Å²) in [6.07, 6.45) is 0.245. The molecule has 4 heteroatoms. The van der Waals surface area contributed by atoms with Crippen molar-refractivity contribution in [2.45, 2.75) is 6.92 Å². The van der Waals surface area contributed by atoms with Gasteiger partial charge in [0, 0.05) is 23.7 Å². The van der Waals surface area contributed by atoms with E-state index in [1.54, 1.807) is 11.7 Å². The third-order valence-electron chi connectivity index (χ3n) is 1.79. The highest BCUT2D eigenvalue weighted by molar-refractivity contribution is 6.36. The summed E-state index contributed by atoms with van der Waals surface area (Å²) >= 11 is 0. The smallest absolute Gasteiger partial charge is 0.144 e. The zero-order chi connectivity index (χ0) is 9.59. The fraction of sp³-hybridized carbons (Fsp3) is 0.250. The zero-order valence-corrected chi connectivity index (χ0v) is 7.00. The molecule has 0 amide bonds. The molecule has 2 aromatic heterocycles. The van der Waals surface area contributed by atoms with Crippen LogP contribution in [0.1, 0.15) is 7.06 Å². The van der Waals surface area contributed by atoms with Crippen molar-refractivity contribution in [3.63, 3.8) is 0 Å². The Hall–Kier alpha value is -1.32. The SMILES string of the molecule is [2H]c1nn(C)c2c([B])nc(C)cc12. The normalized spacial score (nSPS) is 12.0. The van der Waals surface area contributed by atoms with Gasteiger partial charge in [0.05, 0.1) is 13.1 Å². The van der Waals surface area contributed by atoms with Gasteiger partial charge in [-0.15, -0.1) is 0 Å². The molecule has 2 aromatic rings. The van der Waals surface area contributed by atoms with Crippen molar-refractivity contribution in [1.29, 1.82) is 0 Å². The van der Waals surface area contributed by atoms with Gasteiger partial charge < -0.3 is 0 Å². The maximum Gasteiger partial charge on any atom is 0.144 e. The molecule has 0 fully saturated rings. The maximum absolute atomic E-state index is 7.56. The Bertz CT molecular complexity index is 478. The molecule has 0 unspecified atom stereocenters. The fourth-order valence-corrected chi connectivity index (χ4v) is 1.29. The highest BCUT2D eigenvalue weighted by Gasteiger charge is 2.03. The molecule has 2 rings (SSSR count). The quantitative estimate of drug-likeness (QED) is 0.508. The van der Waals surface area contributed by atoms with E-state index < -0.39 is 0 Å². The van der Waals surface area contributed by atoms with Crippen molar-refractivity contribution in [3.05, 3.63) is 17.9 Å². The van der Waals surface area contributed by atoms with Crippen LogP contribution in [0.3, 0.4) is 0 Å². The summed E-state index contributed by atoms with van der Waals surface area (Å²) in [6.45, 7) is 1.85. The lowest BCUT2D eigenvalue weighted by Crippen LogP contribution is -2.13. The van der Waals surface area contributed by atoms with Crippen LogP contribution in [0.5, 0.6) is 0 Å². The monoisotopic (exact) mass is 158 g/mol. The number of fused-ring (bicyclic) bond motifs is 1. The molecule has 2 radical (unpaired) electrons. The van der Waals surface area contributed by atoms with Crippen LogP contribution in [0.4, 0.5) is 0 Å². The van der Waals surface area contributed by atoms with E-state index in [0.717, 1.165) is 16.6 Å². The van der Waals surface area contributed by atoms with Crippen LogP contribution >= 0.6 is 0 Å². The minimum absolute atomic E-state index is 0.245. The van der Waals surface area contributed by atoms with Crippen LogP contribution in [0.2, 0.25) is 0 Å². The first-order valence-corrected chi connectivity index (χ1v) is 3.66. The largest absolute Gasteiger partial charge is 0.268 e. The topological polar surface area (TPSA) is 30.7 Å². The van der Waals surface area contributed by atoms with E-state index in [1.807, 2.05) is 13.0 Å². The van der Waals surface area contributed by atoms with E-state index >= 15 is 0 Å². The molecule has 12 heavy (non-hydrogen) atoms. The Kier molecular flexibility index (Phi) is 1.21. The molecule has 0 saturated heterocycles. The minimum atomic E-state index is 0.245. The molecule has 0 aromatic carbocycles. The van der Waals surface area contributed by atoms with Crippen LogP contribution in [0.25, 0.3) is 10.9 Å².